The molecule has 1 aromatic carbocycles. The number of rotatable bonds is 2. The van der Waals surface area contributed by atoms with E-state index in [9.17, 15) is 15.0 Å². The van der Waals surface area contributed by atoms with Crippen LogP contribution in [0.15, 0.2) is 12.1 Å². The molecule has 0 atom stereocenters. The van der Waals surface area contributed by atoms with Crippen LogP contribution in [0.25, 0.3) is 0 Å². The molecular formula is C11H14O3. The van der Waals surface area contributed by atoms with E-state index in [0.717, 1.165) is 0 Å². The molecule has 1 aromatic rings. The predicted octanol–water partition coefficient (Wildman–Crippen LogP) is 2.24. The van der Waals surface area contributed by atoms with Crippen molar-refractivity contribution in [2.45, 2.75) is 20.8 Å². The van der Waals surface area contributed by atoms with Crippen molar-refractivity contribution in [3.05, 3.63) is 23.3 Å². The first kappa shape index (κ1) is 10.6. The number of phenolic OH excluding ortho intramolecular Hbond substituents is 2. The molecule has 0 aromatic heterocycles. The molecule has 2 N–H and O–H groups in total. The van der Waals surface area contributed by atoms with E-state index in [4.69, 9.17) is 0 Å². The Morgan fingerprint density at radius 3 is 2.00 bits per heavy atom. The Labute approximate surface area is 83.0 Å². The van der Waals surface area contributed by atoms with Crippen molar-refractivity contribution in [1.29, 1.82) is 0 Å². The van der Waals surface area contributed by atoms with Gasteiger partial charge in [0.05, 0.1) is 0 Å². The van der Waals surface area contributed by atoms with E-state index in [1.54, 1.807) is 20.8 Å². The van der Waals surface area contributed by atoms with E-state index >= 15 is 0 Å². The third kappa shape index (κ3) is 1.87. The fourth-order valence-electron chi connectivity index (χ4n) is 1.16. The maximum Gasteiger partial charge on any atom is 0.165 e. The summed E-state index contributed by atoms with van der Waals surface area (Å²) in [4.78, 5) is 11.5. The predicted molar refractivity (Wildman–Crippen MR) is 53.7 cm³/mol. The van der Waals surface area contributed by atoms with E-state index < -0.39 is 0 Å². The molecule has 0 radical (unpaired) electrons. The van der Waals surface area contributed by atoms with Gasteiger partial charge in [-0.15, -0.1) is 0 Å². The number of hydrogen-bond acceptors (Lipinski definition) is 3. The lowest BCUT2D eigenvalue weighted by atomic mass is 9.99. The van der Waals surface area contributed by atoms with Crippen molar-refractivity contribution in [2.75, 3.05) is 0 Å². The van der Waals surface area contributed by atoms with E-state index in [0.29, 0.717) is 11.1 Å². The van der Waals surface area contributed by atoms with Crippen molar-refractivity contribution < 1.29 is 15.0 Å². The molecule has 0 spiro atoms. The summed E-state index contributed by atoms with van der Waals surface area (Å²) in [6.45, 7) is 5.14. The molecule has 76 valence electrons. The maximum absolute atomic E-state index is 11.5. The van der Waals surface area contributed by atoms with Crippen LogP contribution in [-0.4, -0.2) is 16.0 Å². The smallest absolute Gasteiger partial charge is 0.165 e. The summed E-state index contributed by atoms with van der Waals surface area (Å²) < 4.78 is 0. The fourth-order valence-corrected chi connectivity index (χ4v) is 1.16. The second-order valence-electron chi connectivity index (χ2n) is 3.66. The first-order valence-electron chi connectivity index (χ1n) is 4.50. The normalized spacial score (nSPS) is 10.6. The molecule has 0 aliphatic carbocycles. The van der Waals surface area contributed by atoms with Gasteiger partial charge in [0, 0.05) is 17.0 Å². The van der Waals surface area contributed by atoms with Gasteiger partial charge in [0.15, 0.2) is 5.78 Å². The number of phenols is 2. The summed E-state index contributed by atoms with van der Waals surface area (Å²) in [5.74, 6) is -0.324. The molecule has 0 aliphatic heterocycles. The Balaban J connectivity index is 3.19. The topological polar surface area (TPSA) is 57.5 Å². The number of aromatic hydroxyl groups is 2. The molecule has 14 heavy (non-hydrogen) atoms. The van der Waals surface area contributed by atoms with Crippen LogP contribution < -0.4 is 0 Å². The minimum atomic E-state index is -0.142. The minimum absolute atomic E-state index is 0.0472. The molecule has 0 saturated carbocycles. The van der Waals surface area contributed by atoms with Crippen LogP contribution in [0.2, 0.25) is 0 Å². The van der Waals surface area contributed by atoms with Crippen molar-refractivity contribution in [1.82, 2.24) is 0 Å². The first-order valence-corrected chi connectivity index (χ1v) is 4.50. The van der Waals surface area contributed by atoms with E-state index in [-0.39, 0.29) is 23.2 Å². The Morgan fingerprint density at radius 1 is 1.21 bits per heavy atom. The molecule has 0 heterocycles. The van der Waals surface area contributed by atoms with Gasteiger partial charge >= 0.3 is 0 Å². The highest BCUT2D eigenvalue weighted by atomic mass is 16.3. The van der Waals surface area contributed by atoms with Crippen LogP contribution in [0, 0.1) is 12.8 Å². The number of carbonyl (C=O) groups excluding carboxylic acids is 1. The highest BCUT2D eigenvalue weighted by Gasteiger charge is 2.14. The lowest BCUT2D eigenvalue weighted by molar-refractivity contribution is 0.0938. The number of carbonyl (C=O) groups is 1. The molecule has 0 bridgehead atoms. The average Bonchev–Trinajstić information content (AvgIpc) is 2.12. The Morgan fingerprint density at radius 2 is 1.64 bits per heavy atom. The van der Waals surface area contributed by atoms with Gasteiger partial charge in [-0.1, -0.05) is 13.8 Å². The highest BCUT2D eigenvalue weighted by Crippen LogP contribution is 2.28. The molecule has 1 rings (SSSR count). The van der Waals surface area contributed by atoms with Crippen molar-refractivity contribution in [2.24, 2.45) is 5.92 Å². The third-order valence-corrected chi connectivity index (χ3v) is 2.16. The average molecular weight is 194 g/mol. The van der Waals surface area contributed by atoms with Crippen LogP contribution in [-0.2, 0) is 0 Å². The molecule has 3 nitrogen and oxygen atoms in total. The zero-order valence-electron chi connectivity index (χ0n) is 8.53. The molecule has 0 saturated heterocycles. The Hall–Kier alpha value is -1.51. The summed E-state index contributed by atoms with van der Waals surface area (Å²) in [5, 5.41) is 18.8. The highest BCUT2D eigenvalue weighted by molar-refractivity contribution is 5.98. The lowest BCUT2D eigenvalue weighted by Crippen LogP contribution is -2.07. The van der Waals surface area contributed by atoms with Crippen LogP contribution in [0.5, 0.6) is 11.5 Å². The minimum Gasteiger partial charge on any atom is -0.508 e. The zero-order chi connectivity index (χ0) is 10.9. The monoisotopic (exact) mass is 194 g/mol. The Bertz CT molecular complexity index is 344. The van der Waals surface area contributed by atoms with Crippen molar-refractivity contribution >= 4 is 5.78 Å². The maximum atomic E-state index is 11.5. The van der Waals surface area contributed by atoms with Gasteiger partial charge < -0.3 is 10.2 Å². The van der Waals surface area contributed by atoms with Crippen LogP contribution in [0.3, 0.4) is 0 Å². The standard InChI is InChI=1S/C11H14O3/c1-6(2)11(14)8-4-9(12)7(3)10(13)5-8/h4-6,12-13H,1-3H3. The lowest BCUT2D eigenvalue weighted by Gasteiger charge is -2.07. The molecular weight excluding hydrogens is 180 g/mol. The van der Waals surface area contributed by atoms with Gasteiger partial charge in [-0.25, -0.2) is 0 Å². The molecule has 0 unspecified atom stereocenters. The van der Waals surface area contributed by atoms with Crippen LogP contribution in [0.4, 0.5) is 0 Å². The van der Waals surface area contributed by atoms with E-state index in [2.05, 4.69) is 0 Å². The zero-order valence-corrected chi connectivity index (χ0v) is 8.53. The first-order chi connectivity index (χ1) is 6.43. The van der Waals surface area contributed by atoms with Crippen molar-refractivity contribution in [3.8, 4) is 11.5 Å². The SMILES string of the molecule is Cc1c(O)cc(C(=O)C(C)C)cc1O. The van der Waals surface area contributed by atoms with Gasteiger partial charge in [-0.2, -0.15) is 0 Å². The van der Waals surface area contributed by atoms with Crippen molar-refractivity contribution in [3.63, 3.8) is 0 Å². The second-order valence-corrected chi connectivity index (χ2v) is 3.66. The van der Waals surface area contributed by atoms with Gasteiger partial charge in [0.25, 0.3) is 0 Å². The number of benzene rings is 1. The molecule has 0 fully saturated rings. The number of hydrogen-bond donors (Lipinski definition) is 2. The van der Waals surface area contributed by atoms with Gasteiger partial charge in [-0.05, 0) is 19.1 Å². The summed E-state index contributed by atoms with van der Waals surface area (Å²) >= 11 is 0. The third-order valence-electron chi connectivity index (χ3n) is 2.16. The summed E-state index contributed by atoms with van der Waals surface area (Å²) in [5.41, 5.74) is 0.742. The molecule has 3 heteroatoms. The fraction of sp³-hybridized carbons (Fsp3) is 0.364. The van der Waals surface area contributed by atoms with Crippen LogP contribution in [0.1, 0.15) is 29.8 Å². The second kappa shape index (κ2) is 3.70. The summed E-state index contributed by atoms with van der Waals surface area (Å²) in [6, 6.07) is 2.77. The summed E-state index contributed by atoms with van der Waals surface area (Å²) in [6.07, 6.45) is 0. The van der Waals surface area contributed by atoms with Gasteiger partial charge in [0.1, 0.15) is 11.5 Å². The van der Waals surface area contributed by atoms with Gasteiger partial charge in [-0.3, -0.25) is 4.79 Å². The van der Waals surface area contributed by atoms with Gasteiger partial charge in [0.2, 0.25) is 0 Å². The van der Waals surface area contributed by atoms with Crippen LogP contribution >= 0.6 is 0 Å². The summed E-state index contributed by atoms with van der Waals surface area (Å²) in [7, 11) is 0. The number of Topliss-reactive ketones (excluding diaryl/α,β-unsaturated/α-hetero) is 1. The molecule has 0 amide bonds. The Kier molecular flexibility index (Phi) is 2.79. The quantitative estimate of drug-likeness (QED) is 0.710. The number of ketones is 1. The van der Waals surface area contributed by atoms with E-state index in [1.807, 2.05) is 0 Å². The largest absolute Gasteiger partial charge is 0.508 e. The molecule has 0 aliphatic rings. The van der Waals surface area contributed by atoms with E-state index in [1.165, 1.54) is 12.1 Å².